The Morgan fingerprint density at radius 1 is 1.67 bits per heavy atom. The number of methoxy groups -OCH3 is 1. The summed E-state index contributed by atoms with van der Waals surface area (Å²) in [6.07, 6.45) is 1.21. The highest BCUT2D eigenvalue weighted by molar-refractivity contribution is 5.87. The number of hydrogen-bond acceptors (Lipinski definition) is 4. The average Bonchev–Trinajstić information content (AvgIpc) is 2.65. The van der Waals surface area contributed by atoms with Crippen LogP contribution in [0.25, 0.3) is 0 Å². The molecule has 3 N–H and O–H groups in total. The molecule has 1 fully saturated rings. The fourth-order valence-electron chi connectivity index (χ4n) is 1.75. The quantitative estimate of drug-likeness (QED) is 0.631. The minimum Gasteiger partial charge on any atom is -0.480 e. The van der Waals surface area contributed by atoms with Crippen LogP contribution in [0, 0.1) is 0 Å². The van der Waals surface area contributed by atoms with Gasteiger partial charge in [-0.15, -0.1) is 0 Å². The van der Waals surface area contributed by atoms with Crippen molar-refractivity contribution in [3.8, 4) is 0 Å². The molecule has 86 valence electrons. The molecular weight excluding hydrogens is 200 g/mol. The van der Waals surface area contributed by atoms with Crippen LogP contribution in [0.3, 0.4) is 0 Å². The largest absolute Gasteiger partial charge is 0.480 e. The minimum atomic E-state index is -0.967. The summed E-state index contributed by atoms with van der Waals surface area (Å²) in [7, 11) is 1.45. The van der Waals surface area contributed by atoms with Gasteiger partial charge in [-0.2, -0.15) is 0 Å². The number of rotatable bonds is 4. The van der Waals surface area contributed by atoms with Crippen LogP contribution in [0.15, 0.2) is 0 Å². The molecule has 1 saturated heterocycles. The van der Waals surface area contributed by atoms with Gasteiger partial charge in [0.25, 0.3) is 0 Å². The zero-order valence-corrected chi connectivity index (χ0v) is 8.68. The molecular formula is C9H16N2O4. The van der Waals surface area contributed by atoms with E-state index < -0.39 is 18.1 Å². The molecule has 1 aliphatic heterocycles. The van der Waals surface area contributed by atoms with Crippen LogP contribution in [0.5, 0.6) is 0 Å². The second-order valence-electron chi connectivity index (χ2n) is 3.59. The van der Waals surface area contributed by atoms with Crippen molar-refractivity contribution in [2.75, 3.05) is 20.3 Å². The lowest BCUT2D eigenvalue weighted by atomic mass is 10.2. The topological polar surface area (TPSA) is 92.9 Å². The number of nitrogens with two attached hydrogens (primary N) is 1. The Hall–Kier alpha value is -1.14. The standard InChI is InChI=1S/C9H16N2O4/c1-15-5-6(10)8(12)11-4-2-3-7(11)9(13)14/h6-7H,2-5,10H2,1H3,(H,13,14)/t6?,7-/m1/s1. The molecule has 15 heavy (non-hydrogen) atoms. The van der Waals surface area contributed by atoms with Gasteiger partial charge < -0.3 is 20.5 Å². The molecule has 0 bridgehead atoms. The monoisotopic (exact) mass is 216 g/mol. The van der Waals surface area contributed by atoms with Crippen molar-refractivity contribution in [2.45, 2.75) is 24.9 Å². The smallest absolute Gasteiger partial charge is 0.326 e. The predicted octanol–water partition coefficient (Wildman–Crippen LogP) is -0.964. The van der Waals surface area contributed by atoms with Crippen molar-refractivity contribution in [3.63, 3.8) is 0 Å². The van der Waals surface area contributed by atoms with Crippen LogP contribution < -0.4 is 5.73 Å². The summed E-state index contributed by atoms with van der Waals surface area (Å²) >= 11 is 0. The van der Waals surface area contributed by atoms with E-state index in [1.165, 1.54) is 12.0 Å². The van der Waals surface area contributed by atoms with Crippen molar-refractivity contribution in [1.82, 2.24) is 4.90 Å². The van der Waals surface area contributed by atoms with Gasteiger partial charge in [0, 0.05) is 13.7 Å². The molecule has 1 heterocycles. The summed E-state index contributed by atoms with van der Waals surface area (Å²) in [5, 5.41) is 8.88. The number of hydrogen-bond donors (Lipinski definition) is 2. The number of carbonyl (C=O) groups excluding carboxylic acids is 1. The number of amides is 1. The number of carbonyl (C=O) groups is 2. The lowest BCUT2D eigenvalue weighted by Crippen LogP contribution is -2.50. The molecule has 1 aliphatic rings. The van der Waals surface area contributed by atoms with Gasteiger partial charge in [0.2, 0.25) is 5.91 Å². The van der Waals surface area contributed by atoms with Gasteiger partial charge in [-0.25, -0.2) is 4.79 Å². The highest BCUT2D eigenvalue weighted by atomic mass is 16.5. The lowest BCUT2D eigenvalue weighted by molar-refractivity contribution is -0.149. The summed E-state index contributed by atoms with van der Waals surface area (Å²) in [5.41, 5.74) is 5.56. The molecule has 0 aromatic heterocycles. The van der Waals surface area contributed by atoms with Gasteiger partial charge in [0.15, 0.2) is 0 Å². The Kier molecular flexibility index (Phi) is 4.05. The van der Waals surface area contributed by atoms with Crippen molar-refractivity contribution in [2.24, 2.45) is 5.73 Å². The molecule has 0 radical (unpaired) electrons. The summed E-state index contributed by atoms with van der Waals surface area (Å²) in [6, 6.07) is -1.49. The van der Waals surface area contributed by atoms with E-state index in [9.17, 15) is 9.59 Å². The first kappa shape index (κ1) is 11.9. The van der Waals surface area contributed by atoms with Crippen LogP contribution in [0.2, 0.25) is 0 Å². The van der Waals surface area contributed by atoms with E-state index in [2.05, 4.69) is 0 Å². The van der Waals surface area contributed by atoms with E-state index in [0.29, 0.717) is 19.4 Å². The predicted molar refractivity (Wildman–Crippen MR) is 52.2 cm³/mol. The summed E-state index contributed by atoms with van der Waals surface area (Å²) in [5.74, 6) is -1.31. The average molecular weight is 216 g/mol. The minimum absolute atomic E-state index is 0.113. The SMILES string of the molecule is COCC(N)C(=O)N1CCC[C@@H]1C(=O)O. The molecule has 0 saturated carbocycles. The van der Waals surface area contributed by atoms with E-state index in [1.807, 2.05) is 0 Å². The van der Waals surface area contributed by atoms with E-state index in [1.54, 1.807) is 0 Å². The number of aliphatic carboxylic acids is 1. The Morgan fingerprint density at radius 2 is 2.33 bits per heavy atom. The first-order valence-corrected chi connectivity index (χ1v) is 4.85. The molecule has 0 aromatic rings. The molecule has 6 heteroatoms. The van der Waals surface area contributed by atoms with Gasteiger partial charge in [-0.1, -0.05) is 0 Å². The summed E-state index contributed by atoms with van der Waals surface area (Å²) in [6.45, 7) is 0.578. The van der Waals surface area contributed by atoms with E-state index in [0.717, 1.165) is 0 Å². The Balaban J connectivity index is 2.62. The highest BCUT2D eigenvalue weighted by Crippen LogP contribution is 2.18. The molecule has 1 amide bonds. The number of likely N-dealkylation sites (tertiary alicyclic amines) is 1. The molecule has 1 unspecified atom stereocenters. The maximum Gasteiger partial charge on any atom is 0.326 e. The van der Waals surface area contributed by atoms with E-state index in [4.69, 9.17) is 15.6 Å². The third-order valence-corrected chi connectivity index (χ3v) is 2.48. The molecule has 0 spiro atoms. The van der Waals surface area contributed by atoms with E-state index in [-0.39, 0.29) is 12.5 Å². The maximum absolute atomic E-state index is 11.7. The van der Waals surface area contributed by atoms with Gasteiger partial charge in [0.1, 0.15) is 12.1 Å². The number of ether oxygens (including phenoxy) is 1. The summed E-state index contributed by atoms with van der Waals surface area (Å²) < 4.78 is 4.76. The first-order chi connectivity index (χ1) is 7.07. The van der Waals surface area contributed by atoms with Crippen LogP contribution in [-0.2, 0) is 14.3 Å². The molecule has 1 rings (SSSR count). The normalized spacial score (nSPS) is 22.8. The molecule has 0 aliphatic carbocycles. The third-order valence-electron chi connectivity index (χ3n) is 2.48. The van der Waals surface area contributed by atoms with Crippen molar-refractivity contribution < 1.29 is 19.4 Å². The van der Waals surface area contributed by atoms with Gasteiger partial charge in [-0.05, 0) is 12.8 Å². The van der Waals surface area contributed by atoms with Gasteiger partial charge in [-0.3, -0.25) is 4.79 Å². The Labute approximate surface area is 88.0 Å². The maximum atomic E-state index is 11.7. The van der Waals surface area contributed by atoms with Crippen molar-refractivity contribution in [1.29, 1.82) is 0 Å². The number of carboxylic acids is 1. The summed E-state index contributed by atoms with van der Waals surface area (Å²) in [4.78, 5) is 23.9. The third kappa shape index (κ3) is 2.66. The van der Waals surface area contributed by atoms with Crippen molar-refractivity contribution in [3.05, 3.63) is 0 Å². The van der Waals surface area contributed by atoms with Crippen molar-refractivity contribution >= 4 is 11.9 Å². The molecule has 0 aromatic carbocycles. The molecule has 6 nitrogen and oxygen atoms in total. The van der Waals surface area contributed by atoms with E-state index >= 15 is 0 Å². The molecule has 2 atom stereocenters. The lowest BCUT2D eigenvalue weighted by Gasteiger charge is -2.24. The number of nitrogens with zero attached hydrogens (tertiary/aromatic N) is 1. The van der Waals surface area contributed by atoms with Crippen LogP contribution in [0.4, 0.5) is 0 Å². The first-order valence-electron chi connectivity index (χ1n) is 4.85. The van der Waals surface area contributed by atoms with Crippen LogP contribution in [-0.4, -0.2) is 54.2 Å². The van der Waals surface area contributed by atoms with Gasteiger partial charge >= 0.3 is 5.97 Å². The Morgan fingerprint density at radius 3 is 2.87 bits per heavy atom. The zero-order valence-electron chi connectivity index (χ0n) is 8.68. The Bertz CT molecular complexity index is 256. The second-order valence-corrected chi connectivity index (χ2v) is 3.59. The van der Waals surface area contributed by atoms with Crippen LogP contribution in [0.1, 0.15) is 12.8 Å². The fourth-order valence-corrected chi connectivity index (χ4v) is 1.75. The fraction of sp³-hybridized carbons (Fsp3) is 0.778. The second kappa shape index (κ2) is 5.09. The zero-order chi connectivity index (χ0) is 11.4. The van der Waals surface area contributed by atoms with Crippen LogP contribution >= 0.6 is 0 Å². The highest BCUT2D eigenvalue weighted by Gasteiger charge is 2.35. The number of carboxylic acid groups (broad SMARTS) is 1. The van der Waals surface area contributed by atoms with Gasteiger partial charge in [0.05, 0.1) is 6.61 Å².